The lowest BCUT2D eigenvalue weighted by Gasteiger charge is -2.36. The second kappa shape index (κ2) is 8.60. The second-order valence-corrected chi connectivity index (χ2v) is 6.75. The van der Waals surface area contributed by atoms with E-state index < -0.39 is 0 Å². The van der Waals surface area contributed by atoms with Crippen molar-refractivity contribution in [3.05, 3.63) is 72.7 Å². The van der Waals surface area contributed by atoms with Crippen molar-refractivity contribution in [1.82, 2.24) is 9.97 Å². The molecule has 1 saturated heterocycles. The Hall–Kier alpha value is -3.61. The highest BCUT2D eigenvalue weighted by Gasteiger charge is 2.20. The van der Waals surface area contributed by atoms with Crippen LogP contribution in [0.5, 0.6) is 5.75 Å². The minimum absolute atomic E-state index is 0.239. The minimum atomic E-state index is -0.239. The summed E-state index contributed by atoms with van der Waals surface area (Å²) in [6, 6.07) is 19.2. The van der Waals surface area contributed by atoms with Crippen LogP contribution in [0.1, 0.15) is 10.5 Å². The van der Waals surface area contributed by atoms with Gasteiger partial charge in [-0.05, 0) is 36.4 Å². The lowest BCUT2D eigenvalue weighted by atomic mass is 10.2. The third-order valence-electron chi connectivity index (χ3n) is 4.96. The molecule has 4 rings (SSSR count). The highest BCUT2D eigenvalue weighted by Crippen LogP contribution is 2.22. The van der Waals surface area contributed by atoms with Crippen LogP contribution in [0.25, 0.3) is 0 Å². The molecule has 1 fully saturated rings. The van der Waals surface area contributed by atoms with Crippen molar-refractivity contribution in [2.24, 2.45) is 0 Å². The SMILES string of the molecule is COc1ccc(N2CCN(c3cc(C(=O)Nc4ccccc4)ncn3)CC2)cc1. The average Bonchev–Trinajstić information content (AvgIpc) is 2.80. The van der Waals surface area contributed by atoms with Crippen molar-refractivity contribution in [2.45, 2.75) is 0 Å². The van der Waals surface area contributed by atoms with Gasteiger partial charge < -0.3 is 19.9 Å². The number of nitrogens with zero attached hydrogens (tertiary/aromatic N) is 4. The first kappa shape index (κ1) is 18.7. The molecule has 1 N–H and O–H groups in total. The molecule has 3 aromatic rings. The van der Waals surface area contributed by atoms with E-state index in [9.17, 15) is 4.79 Å². The molecule has 0 saturated carbocycles. The van der Waals surface area contributed by atoms with Gasteiger partial charge in [0.05, 0.1) is 7.11 Å². The maximum absolute atomic E-state index is 12.5. The first-order valence-corrected chi connectivity index (χ1v) is 9.55. The highest BCUT2D eigenvalue weighted by molar-refractivity contribution is 6.03. The summed E-state index contributed by atoms with van der Waals surface area (Å²) < 4.78 is 5.23. The molecule has 1 aliphatic rings. The largest absolute Gasteiger partial charge is 0.497 e. The van der Waals surface area contributed by atoms with Gasteiger partial charge in [0.1, 0.15) is 23.6 Å². The number of anilines is 3. The molecule has 2 aromatic carbocycles. The third kappa shape index (κ3) is 4.45. The number of aromatic nitrogens is 2. The van der Waals surface area contributed by atoms with Gasteiger partial charge in [-0.15, -0.1) is 0 Å². The Labute approximate surface area is 170 Å². The summed E-state index contributed by atoms with van der Waals surface area (Å²) in [6.07, 6.45) is 1.45. The van der Waals surface area contributed by atoms with Crippen molar-refractivity contribution >= 4 is 23.1 Å². The molecule has 148 valence electrons. The lowest BCUT2D eigenvalue weighted by Crippen LogP contribution is -2.46. The molecule has 29 heavy (non-hydrogen) atoms. The fourth-order valence-corrected chi connectivity index (χ4v) is 3.35. The molecule has 0 bridgehead atoms. The van der Waals surface area contributed by atoms with E-state index in [0.29, 0.717) is 5.69 Å². The molecule has 2 heterocycles. The fraction of sp³-hybridized carbons (Fsp3) is 0.227. The van der Waals surface area contributed by atoms with Crippen LogP contribution in [-0.4, -0.2) is 49.2 Å². The molecule has 1 aliphatic heterocycles. The molecule has 1 aromatic heterocycles. The number of piperazine rings is 1. The summed E-state index contributed by atoms with van der Waals surface area (Å²) >= 11 is 0. The van der Waals surface area contributed by atoms with Gasteiger partial charge in [-0.25, -0.2) is 9.97 Å². The molecule has 0 aliphatic carbocycles. The van der Waals surface area contributed by atoms with Gasteiger partial charge in [0, 0.05) is 43.6 Å². The maximum Gasteiger partial charge on any atom is 0.274 e. The number of carbonyl (C=O) groups excluding carboxylic acids is 1. The Morgan fingerprint density at radius 2 is 1.62 bits per heavy atom. The zero-order valence-corrected chi connectivity index (χ0v) is 16.3. The average molecular weight is 389 g/mol. The fourth-order valence-electron chi connectivity index (χ4n) is 3.35. The lowest BCUT2D eigenvalue weighted by molar-refractivity contribution is 0.102. The van der Waals surface area contributed by atoms with Crippen molar-refractivity contribution in [2.75, 3.05) is 48.4 Å². The van der Waals surface area contributed by atoms with E-state index in [0.717, 1.165) is 43.4 Å². The number of amides is 1. The number of hydrogen-bond donors (Lipinski definition) is 1. The van der Waals surface area contributed by atoms with E-state index in [2.05, 4.69) is 37.2 Å². The van der Waals surface area contributed by atoms with Gasteiger partial charge >= 0.3 is 0 Å². The van der Waals surface area contributed by atoms with Crippen LogP contribution >= 0.6 is 0 Å². The van der Waals surface area contributed by atoms with Crippen LogP contribution in [-0.2, 0) is 0 Å². The molecule has 0 spiro atoms. The Bertz CT molecular complexity index is 954. The zero-order valence-electron chi connectivity index (χ0n) is 16.3. The summed E-state index contributed by atoms with van der Waals surface area (Å²) in [5.41, 5.74) is 2.28. The molecule has 7 heteroatoms. The van der Waals surface area contributed by atoms with Crippen LogP contribution in [0.15, 0.2) is 67.0 Å². The Morgan fingerprint density at radius 1 is 0.931 bits per heavy atom. The van der Waals surface area contributed by atoms with Crippen LogP contribution in [0, 0.1) is 0 Å². The molecule has 1 amide bonds. The molecular weight excluding hydrogens is 366 g/mol. The number of methoxy groups -OCH3 is 1. The van der Waals surface area contributed by atoms with E-state index in [1.54, 1.807) is 13.2 Å². The predicted octanol–water partition coefficient (Wildman–Crippen LogP) is 3.06. The van der Waals surface area contributed by atoms with Crippen LogP contribution in [0.4, 0.5) is 17.2 Å². The summed E-state index contributed by atoms with van der Waals surface area (Å²) in [5.74, 6) is 1.39. The summed E-state index contributed by atoms with van der Waals surface area (Å²) in [6.45, 7) is 3.40. The number of carbonyl (C=O) groups is 1. The second-order valence-electron chi connectivity index (χ2n) is 6.75. The van der Waals surface area contributed by atoms with E-state index in [-0.39, 0.29) is 5.91 Å². The number of nitrogens with one attached hydrogen (secondary N) is 1. The monoisotopic (exact) mass is 389 g/mol. The van der Waals surface area contributed by atoms with Crippen LogP contribution in [0.2, 0.25) is 0 Å². The number of hydrogen-bond acceptors (Lipinski definition) is 6. The smallest absolute Gasteiger partial charge is 0.274 e. The quantitative estimate of drug-likeness (QED) is 0.723. The van der Waals surface area contributed by atoms with Crippen molar-refractivity contribution in [3.8, 4) is 5.75 Å². The Morgan fingerprint density at radius 3 is 2.31 bits per heavy atom. The summed E-state index contributed by atoms with van der Waals surface area (Å²) in [7, 11) is 1.67. The molecular formula is C22H23N5O2. The summed E-state index contributed by atoms with van der Waals surface area (Å²) in [4.78, 5) is 25.5. The van der Waals surface area contributed by atoms with Crippen molar-refractivity contribution in [3.63, 3.8) is 0 Å². The van der Waals surface area contributed by atoms with Crippen molar-refractivity contribution < 1.29 is 9.53 Å². The number of para-hydroxylation sites is 1. The van der Waals surface area contributed by atoms with Gasteiger partial charge in [-0.3, -0.25) is 4.79 Å². The van der Waals surface area contributed by atoms with Gasteiger partial charge in [-0.1, -0.05) is 18.2 Å². The van der Waals surface area contributed by atoms with Gasteiger partial charge in [0.2, 0.25) is 0 Å². The van der Waals surface area contributed by atoms with Gasteiger partial charge in [0.25, 0.3) is 5.91 Å². The molecule has 0 atom stereocenters. The Kier molecular flexibility index (Phi) is 5.56. The number of ether oxygens (including phenoxy) is 1. The van der Waals surface area contributed by atoms with E-state index >= 15 is 0 Å². The molecule has 0 radical (unpaired) electrons. The standard InChI is InChI=1S/C22H23N5O2/c1-29-19-9-7-18(8-10-19)26-11-13-27(14-12-26)21-15-20(23-16-24-21)22(28)25-17-5-3-2-4-6-17/h2-10,15-16H,11-14H2,1H3,(H,25,28). The first-order valence-electron chi connectivity index (χ1n) is 9.55. The summed E-state index contributed by atoms with van der Waals surface area (Å²) in [5, 5.41) is 2.86. The Balaban J connectivity index is 1.39. The van der Waals surface area contributed by atoms with E-state index in [4.69, 9.17) is 4.74 Å². The normalized spacial score (nSPS) is 13.8. The van der Waals surface area contributed by atoms with Crippen LogP contribution in [0.3, 0.4) is 0 Å². The van der Waals surface area contributed by atoms with E-state index in [1.807, 2.05) is 42.5 Å². The zero-order chi connectivity index (χ0) is 20.1. The topological polar surface area (TPSA) is 70.6 Å². The number of benzene rings is 2. The highest BCUT2D eigenvalue weighted by atomic mass is 16.5. The number of rotatable bonds is 5. The maximum atomic E-state index is 12.5. The van der Waals surface area contributed by atoms with Gasteiger partial charge in [0.15, 0.2) is 0 Å². The van der Waals surface area contributed by atoms with E-state index in [1.165, 1.54) is 12.0 Å². The predicted molar refractivity (Wildman–Crippen MR) is 114 cm³/mol. The molecule has 0 unspecified atom stereocenters. The van der Waals surface area contributed by atoms with Crippen molar-refractivity contribution in [1.29, 1.82) is 0 Å². The molecule has 7 nitrogen and oxygen atoms in total. The third-order valence-corrected chi connectivity index (χ3v) is 4.96. The first-order chi connectivity index (χ1) is 14.2. The van der Waals surface area contributed by atoms with Crippen LogP contribution < -0.4 is 19.9 Å². The minimum Gasteiger partial charge on any atom is -0.497 e. The van der Waals surface area contributed by atoms with Gasteiger partial charge in [-0.2, -0.15) is 0 Å².